The van der Waals surface area contributed by atoms with Crippen LogP contribution in [0.3, 0.4) is 0 Å². The lowest BCUT2D eigenvalue weighted by atomic mass is 10.1. The first-order valence-electron chi connectivity index (χ1n) is 6.38. The number of hydrogen-bond donors (Lipinski definition) is 3. The highest BCUT2D eigenvalue weighted by atomic mass is 32.2. The maximum atomic E-state index is 11.7. The van der Waals surface area contributed by atoms with E-state index in [4.69, 9.17) is 5.11 Å². The van der Waals surface area contributed by atoms with Crippen LogP contribution in [-0.2, 0) is 14.6 Å². The molecule has 7 nitrogen and oxygen atoms in total. The van der Waals surface area contributed by atoms with Crippen molar-refractivity contribution in [3.8, 4) is 0 Å². The van der Waals surface area contributed by atoms with Crippen molar-refractivity contribution in [1.29, 1.82) is 0 Å². The van der Waals surface area contributed by atoms with Crippen molar-refractivity contribution in [2.45, 2.75) is 12.5 Å². The minimum absolute atomic E-state index is 0.0700. The lowest BCUT2D eigenvalue weighted by Gasteiger charge is -2.15. The van der Waals surface area contributed by atoms with Crippen LogP contribution in [-0.4, -0.2) is 43.6 Å². The van der Waals surface area contributed by atoms with Gasteiger partial charge in [0.2, 0.25) is 0 Å². The van der Waals surface area contributed by atoms with E-state index in [2.05, 4.69) is 10.6 Å². The first-order chi connectivity index (χ1) is 9.87. The maximum absolute atomic E-state index is 11.7. The molecule has 2 heterocycles. The molecular weight excluding hydrogens is 316 g/mol. The molecule has 0 radical (unpaired) electrons. The molecule has 21 heavy (non-hydrogen) atoms. The van der Waals surface area contributed by atoms with E-state index in [1.54, 1.807) is 17.5 Å². The van der Waals surface area contributed by atoms with Gasteiger partial charge in [0.15, 0.2) is 15.9 Å². The van der Waals surface area contributed by atoms with Crippen LogP contribution in [0.2, 0.25) is 0 Å². The van der Waals surface area contributed by atoms with Crippen LogP contribution >= 0.6 is 11.3 Å². The third-order valence-electron chi connectivity index (χ3n) is 3.23. The third-order valence-corrected chi connectivity index (χ3v) is 6.00. The van der Waals surface area contributed by atoms with E-state index in [0.717, 1.165) is 0 Å². The van der Waals surface area contributed by atoms with Gasteiger partial charge in [0.25, 0.3) is 0 Å². The monoisotopic (exact) mass is 332 g/mol. The van der Waals surface area contributed by atoms with E-state index in [-0.39, 0.29) is 24.0 Å². The molecule has 1 aliphatic rings. The van der Waals surface area contributed by atoms with Crippen LogP contribution in [0.25, 0.3) is 0 Å². The Morgan fingerprint density at radius 2 is 2.24 bits per heavy atom. The molecule has 3 N–H and O–H groups in total. The number of hydrogen-bond acceptors (Lipinski definition) is 5. The van der Waals surface area contributed by atoms with Gasteiger partial charge in [-0.2, -0.15) is 0 Å². The quantitative estimate of drug-likeness (QED) is 0.731. The minimum Gasteiger partial charge on any atom is -0.479 e. The average molecular weight is 332 g/mol. The Morgan fingerprint density at radius 1 is 1.48 bits per heavy atom. The van der Waals surface area contributed by atoms with Gasteiger partial charge in [-0.15, -0.1) is 11.3 Å². The van der Waals surface area contributed by atoms with Crippen LogP contribution in [0, 0.1) is 5.92 Å². The van der Waals surface area contributed by atoms with Crippen molar-refractivity contribution in [3.63, 3.8) is 0 Å². The second kappa shape index (κ2) is 6.44. The predicted molar refractivity (Wildman–Crippen MR) is 78.0 cm³/mol. The van der Waals surface area contributed by atoms with Gasteiger partial charge in [-0.3, -0.25) is 0 Å². The second-order valence-corrected chi connectivity index (χ2v) is 8.12. The summed E-state index contributed by atoms with van der Waals surface area (Å²) in [6, 6.07) is 1.63. The van der Waals surface area contributed by atoms with Gasteiger partial charge < -0.3 is 15.7 Å². The molecule has 1 aromatic heterocycles. The molecule has 1 aliphatic heterocycles. The Bertz CT molecular complexity index is 612. The fraction of sp³-hybridized carbons (Fsp3) is 0.500. The average Bonchev–Trinajstić information content (AvgIpc) is 3.02. The summed E-state index contributed by atoms with van der Waals surface area (Å²) >= 11 is 1.24. The Balaban J connectivity index is 1.85. The number of aliphatic carboxylic acids is 1. The topological polar surface area (TPSA) is 113 Å². The zero-order chi connectivity index (χ0) is 15.5. The van der Waals surface area contributed by atoms with Gasteiger partial charge in [-0.05, 0) is 23.8 Å². The first kappa shape index (κ1) is 15.8. The summed E-state index contributed by atoms with van der Waals surface area (Å²) in [5.74, 6) is -1.03. The van der Waals surface area contributed by atoms with Crippen molar-refractivity contribution in [2.75, 3.05) is 18.1 Å². The largest absolute Gasteiger partial charge is 0.479 e. The summed E-state index contributed by atoms with van der Waals surface area (Å²) in [5, 5.41) is 15.8. The van der Waals surface area contributed by atoms with Gasteiger partial charge in [0.05, 0.1) is 11.5 Å². The van der Waals surface area contributed by atoms with Crippen molar-refractivity contribution in [3.05, 3.63) is 22.4 Å². The Hall–Kier alpha value is -1.61. The standard InChI is InChI=1S/C12H16N2O5S2/c15-11(16)10(9-2-1-4-20-9)14-12(17)13-6-8-3-5-21(18,19)7-8/h1-2,4,8,10H,3,5-7H2,(H,15,16)(H2,13,14,17). The summed E-state index contributed by atoms with van der Waals surface area (Å²) in [7, 11) is -2.98. The van der Waals surface area contributed by atoms with Gasteiger partial charge in [-0.1, -0.05) is 6.07 Å². The predicted octanol–water partition coefficient (Wildman–Crippen LogP) is 0.608. The SMILES string of the molecule is O=C(NCC1CCS(=O)(=O)C1)NC(C(=O)O)c1cccs1. The number of urea groups is 1. The van der Waals surface area contributed by atoms with E-state index in [1.165, 1.54) is 11.3 Å². The molecule has 1 aromatic rings. The maximum Gasteiger partial charge on any atom is 0.331 e. The highest BCUT2D eigenvalue weighted by molar-refractivity contribution is 7.91. The van der Waals surface area contributed by atoms with Gasteiger partial charge in [0, 0.05) is 11.4 Å². The summed E-state index contributed by atoms with van der Waals surface area (Å²) in [4.78, 5) is 23.4. The molecule has 1 fully saturated rings. The van der Waals surface area contributed by atoms with E-state index in [0.29, 0.717) is 11.3 Å². The number of amides is 2. The number of sulfone groups is 1. The molecule has 0 bridgehead atoms. The number of rotatable bonds is 5. The zero-order valence-electron chi connectivity index (χ0n) is 11.1. The summed E-state index contributed by atoms with van der Waals surface area (Å²) < 4.78 is 22.6. The number of nitrogens with one attached hydrogen (secondary N) is 2. The highest BCUT2D eigenvalue weighted by Gasteiger charge is 2.28. The molecule has 0 spiro atoms. The molecule has 2 unspecified atom stereocenters. The molecule has 9 heteroatoms. The fourth-order valence-electron chi connectivity index (χ4n) is 2.16. The van der Waals surface area contributed by atoms with Crippen molar-refractivity contribution < 1.29 is 23.1 Å². The zero-order valence-corrected chi connectivity index (χ0v) is 12.7. The van der Waals surface area contributed by atoms with Crippen molar-refractivity contribution in [2.24, 2.45) is 5.92 Å². The normalized spacial score (nSPS) is 21.6. The summed E-state index contributed by atoms with van der Waals surface area (Å²) in [5.41, 5.74) is 0. The smallest absolute Gasteiger partial charge is 0.331 e. The van der Waals surface area contributed by atoms with E-state index >= 15 is 0 Å². The molecule has 116 valence electrons. The van der Waals surface area contributed by atoms with E-state index < -0.39 is 27.9 Å². The van der Waals surface area contributed by atoms with Crippen LogP contribution in [0.1, 0.15) is 17.3 Å². The molecule has 2 amide bonds. The Labute approximate surface area is 126 Å². The second-order valence-electron chi connectivity index (χ2n) is 4.91. The Kier molecular flexibility index (Phi) is 4.84. The molecule has 1 saturated heterocycles. The third kappa shape index (κ3) is 4.43. The van der Waals surface area contributed by atoms with Crippen LogP contribution in [0.5, 0.6) is 0 Å². The number of carboxylic acids is 1. The molecule has 2 atom stereocenters. The van der Waals surface area contributed by atoms with Gasteiger partial charge in [-0.25, -0.2) is 18.0 Å². The van der Waals surface area contributed by atoms with Crippen molar-refractivity contribution in [1.82, 2.24) is 10.6 Å². The molecule has 0 aliphatic carbocycles. The number of carbonyl (C=O) groups excluding carboxylic acids is 1. The molecular formula is C12H16N2O5S2. The van der Waals surface area contributed by atoms with Gasteiger partial charge in [0.1, 0.15) is 0 Å². The first-order valence-corrected chi connectivity index (χ1v) is 9.08. The van der Waals surface area contributed by atoms with E-state index in [9.17, 15) is 18.0 Å². The van der Waals surface area contributed by atoms with Crippen LogP contribution in [0.4, 0.5) is 4.79 Å². The number of carbonyl (C=O) groups is 2. The van der Waals surface area contributed by atoms with Crippen molar-refractivity contribution >= 4 is 33.2 Å². The van der Waals surface area contributed by atoms with Crippen LogP contribution in [0.15, 0.2) is 17.5 Å². The minimum atomic E-state index is -2.98. The molecule has 0 saturated carbocycles. The number of thiophene rings is 1. The number of carboxylic acid groups (broad SMARTS) is 1. The van der Waals surface area contributed by atoms with Gasteiger partial charge >= 0.3 is 12.0 Å². The lowest BCUT2D eigenvalue weighted by Crippen LogP contribution is -2.42. The molecule has 2 rings (SSSR count). The van der Waals surface area contributed by atoms with Crippen LogP contribution < -0.4 is 10.6 Å². The fourth-order valence-corrected chi connectivity index (χ4v) is 4.79. The highest BCUT2D eigenvalue weighted by Crippen LogP contribution is 2.19. The lowest BCUT2D eigenvalue weighted by molar-refractivity contribution is -0.139. The summed E-state index contributed by atoms with van der Waals surface area (Å²) in [6.07, 6.45) is 0.524. The Morgan fingerprint density at radius 3 is 2.76 bits per heavy atom. The van der Waals surface area contributed by atoms with E-state index in [1.807, 2.05) is 0 Å². The molecule has 0 aromatic carbocycles. The summed E-state index contributed by atoms with van der Waals surface area (Å²) in [6.45, 7) is 0.224.